The molecule has 2 N–H and O–H groups in total. The van der Waals surface area contributed by atoms with Crippen molar-refractivity contribution < 1.29 is 29.0 Å². The summed E-state index contributed by atoms with van der Waals surface area (Å²) in [6.07, 6.45) is 0. The van der Waals surface area contributed by atoms with Gasteiger partial charge in [-0.05, 0) is 42.3 Å². The van der Waals surface area contributed by atoms with E-state index in [4.69, 9.17) is 20.8 Å². The summed E-state index contributed by atoms with van der Waals surface area (Å²) in [7, 11) is 1.46. The van der Waals surface area contributed by atoms with E-state index in [1.54, 1.807) is 54.6 Å². The molecule has 7 nitrogen and oxygen atoms in total. The molecule has 0 saturated heterocycles. The second-order valence-electron chi connectivity index (χ2n) is 8.21. The molecular weight excluding hydrogens is 470 g/mol. The molecule has 1 aliphatic rings. The minimum absolute atomic E-state index is 0.0915. The second-order valence-corrected chi connectivity index (χ2v) is 8.65. The normalized spacial score (nSPS) is 15.8. The van der Waals surface area contributed by atoms with Crippen LogP contribution in [-0.4, -0.2) is 29.0 Å². The molecule has 1 aliphatic heterocycles. The van der Waals surface area contributed by atoms with E-state index in [9.17, 15) is 19.8 Å². The number of anilines is 1. The highest BCUT2D eigenvalue weighted by molar-refractivity contribution is 6.31. The molecule has 0 aliphatic carbocycles. The van der Waals surface area contributed by atoms with Crippen molar-refractivity contribution in [1.29, 1.82) is 0 Å². The Kier molecular flexibility index (Phi) is 5.49. The molecule has 0 spiro atoms. The van der Waals surface area contributed by atoms with Crippen LogP contribution in [0.25, 0.3) is 11.0 Å². The van der Waals surface area contributed by atoms with E-state index in [1.165, 1.54) is 24.1 Å². The number of furan rings is 1. The number of hydrogen-bond donors (Lipinski definition) is 2. The van der Waals surface area contributed by atoms with E-state index in [-0.39, 0.29) is 22.8 Å². The zero-order valence-electron chi connectivity index (χ0n) is 18.8. The number of aromatic hydroxyl groups is 1. The summed E-state index contributed by atoms with van der Waals surface area (Å²) >= 11 is 6.15. The van der Waals surface area contributed by atoms with E-state index in [2.05, 4.69) is 0 Å². The number of ketones is 1. The maximum Gasteiger partial charge on any atom is 0.294 e. The van der Waals surface area contributed by atoms with Gasteiger partial charge in [-0.15, -0.1) is 0 Å². The number of ether oxygens (including phenoxy) is 1. The van der Waals surface area contributed by atoms with Crippen LogP contribution in [0, 0.1) is 6.92 Å². The van der Waals surface area contributed by atoms with E-state index in [0.29, 0.717) is 27.3 Å². The van der Waals surface area contributed by atoms with Crippen LogP contribution in [0.5, 0.6) is 11.5 Å². The molecule has 1 amide bonds. The topological polar surface area (TPSA) is 100 Å². The molecule has 35 heavy (non-hydrogen) atoms. The Balaban J connectivity index is 1.68. The largest absolute Gasteiger partial charge is 0.506 e. The van der Waals surface area contributed by atoms with Gasteiger partial charge in [0.2, 0.25) is 5.78 Å². The summed E-state index contributed by atoms with van der Waals surface area (Å²) in [4.78, 5) is 28.3. The smallest absolute Gasteiger partial charge is 0.294 e. The van der Waals surface area contributed by atoms with Gasteiger partial charge in [0.05, 0.1) is 24.4 Å². The molecule has 2 heterocycles. The van der Waals surface area contributed by atoms with Gasteiger partial charge in [-0.1, -0.05) is 48.0 Å². The molecule has 0 radical (unpaired) electrons. The number of hydrogen-bond acceptors (Lipinski definition) is 6. The average Bonchev–Trinajstić information content (AvgIpc) is 3.39. The Bertz CT molecular complexity index is 1520. The predicted octanol–water partition coefficient (Wildman–Crippen LogP) is 5.89. The van der Waals surface area contributed by atoms with Crippen LogP contribution in [-0.2, 0) is 4.79 Å². The molecule has 1 aromatic heterocycles. The lowest BCUT2D eigenvalue weighted by atomic mass is 9.94. The van der Waals surface area contributed by atoms with Gasteiger partial charge in [0, 0.05) is 16.5 Å². The maximum absolute atomic E-state index is 13.7. The number of nitrogens with zero attached hydrogens (tertiary/aromatic N) is 1. The summed E-state index contributed by atoms with van der Waals surface area (Å²) in [5, 5.41) is 22.4. The Labute approximate surface area is 205 Å². The van der Waals surface area contributed by atoms with E-state index in [0.717, 1.165) is 5.56 Å². The number of benzene rings is 3. The van der Waals surface area contributed by atoms with E-state index < -0.39 is 23.5 Å². The van der Waals surface area contributed by atoms with E-state index >= 15 is 0 Å². The lowest BCUT2D eigenvalue weighted by Gasteiger charge is -2.27. The molecule has 0 fully saturated rings. The maximum atomic E-state index is 13.7. The molecular formula is C27H20ClNO6. The van der Waals surface area contributed by atoms with Crippen LogP contribution in [0.4, 0.5) is 5.69 Å². The summed E-state index contributed by atoms with van der Waals surface area (Å²) in [6.45, 7) is 1.81. The molecule has 8 heteroatoms. The first kappa shape index (κ1) is 22.6. The lowest BCUT2D eigenvalue weighted by Crippen LogP contribution is -2.31. The average molecular weight is 490 g/mol. The molecule has 0 saturated carbocycles. The SMILES string of the molecule is COc1cc(Cl)cc2cc(C(=O)C3=C(O)C(=O)N(c4cc(C)ccc4O)C3c3ccccc3)oc12. The highest BCUT2D eigenvalue weighted by atomic mass is 35.5. The van der Waals surface area contributed by atoms with Crippen LogP contribution < -0.4 is 9.64 Å². The number of phenolic OH excluding ortho intramolecular Hbond substituents is 1. The second kappa shape index (κ2) is 8.52. The number of aliphatic hydroxyl groups is 1. The highest BCUT2D eigenvalue weighted by Crippen LogP contribution is 2.45. The number of halogens is 1. The number of phenols is 1. The van der Waals surface area contributed by atoms with Crippen molar-refractivity contribution in [2.45, 2.75) is 13.0 Å². The van der Waals surface area contributed by atoms with Crippen molar-refractivity contribution >= 4 is 39.9 Å². The fraction of sp³-hybridized carbons (Fsp3) is 0.111. The quantitative estimate of drug-likeness (QED) is 0.339. The van der Waals surface area contributed by atoms with Crippen LogP contribution >= 0.6 is 11.6 Å². The lowest BCUT2D eigenvalue weighted by molar-refractivity contribution is -0.117. The fourth-order valence-corrected chi connectivity index (χ4v) is 4.56. The third-order valence-corrected chi connectivity index (χ3v) is 6.17. The zero-order chi connectivity index (χ0) is 24.9. The Hall–Kier alpha value is -4.23. The van der Waals surface area contributed by atoms with Gasteiger partial charge in [-0.25, -0.2) is 0 Å². The predicted molar refractivity (Wildman–Crippen MR) is 131 cm³/mol. The Morgan fingerprint density at radius 1 is 1.06 bits per heavy atom. The monoisotopic (exact) mass is 489 g/mol. The first-order valence-electron chi connectivity index (χ1n) is 10.7. The molecule has 3 aromatic carbocycles. The molecule has 176 valence electrons. The number of amides is 1. The third-order valence-electron chi connectivity index (χ3n) is 5.95. The van der Waals surface area contributed by atoms with Crippen LogP contribution in [0.15, 0.2) is 82.5 Å². The Morgan fingerprint density at radius 3 is 2.51 bits per heavy atom. The van der Waals surface area contributed by atoms with Gasteiger partial charge in [0.25, 0.3) is 5.91 Å². The van der Waals surface area contributed by atoms with Crippen molar-refractivity contribution in [3.63, 3.8) is 0 Å². The van der Waals surface area contributed by atoms with Crippen LogP contribution in [0.3, 0.4) is 0 Å². The Morgan fingerprint density at radius 2 is 1.80 bits per heavy atom. The number of aryl methyl sites for hydroxylation is 1. The summed E-state index contributed by atoms with van der Waals surface area (Å²) in [5.41, 5.74) is 1.69. The molecule has 4 aromatic rings. The number of aliphatic hydroxyl groups excluding tert-OH is 1. The highest BCUT2D eigenvalue weighted by Gasteiger charge is 2.46. The number of fused-ring (bicyclic) bond motifs is 1. The van der Waals surface area contributed by atoms with Crippen molar-refractivity contribution in [3.05, 3.63) is 100.0 Å². The summed E-state index contributed by atoms with van der Waals surface area (Å²) in [6, 6.07) is 17.3. The van der Waals surface area contributed by atoms with Crippen LogP contribution in [0.2, 0.25) is 5.02 Å². The van der Waals surface area contributed by atoms with Gasteiger partial charge in [-0.3, -0.25) is 14.5 Å². The number of rotatable bonds is 5. The molecule has 1 atom stereocenters. The summed E-state index contributed by atoms with van der Waals surface area (Å²) < 4.78 is 11.1. The van der Waals surface area contributed by atoms with Crippen molar-refractivity contribution in [3.8, 4) is 11.5 Å². The zero-order valence-corrected chi connectivity index (χ0v) is 19.5. The third kappa shape index (κ3) is 3.70. The van der Waals surface area contributed by atoms with Crippen molar-refractivity contribution in [2.24, 2.45) is 0 Å². The van der Waals surface area contributed by atoms with E-state index in [1.807, 2.05) is 6.92 Å². The van der Waals surface area contributed by atoms with Crippen molar-refractivity contribution in [1.82, 2.24) is 0 Å². The minimum atomic E-state index is -0.998. The molecule has 0 bridgehead atoms. The number of carbonyl (C=O) groups excluding carboxylic acids is 2. The first-order valence-corrected chi connectivity index (χ1v) is 11.1. The van der Waals surface area contributed by atoms with Gasteiger partial charge in [0.1, 0.15) is 5.75 Å². The first-order chi connectivity index (χ1) is 16.8. The van der Waals surface area contributed by atoms with Gasteiger partial charge < -0.3 is 19.4 Å². The fourth-order valence-electron chi connectivity index (χ4n) is 4.34. The van der Waals surface area contributed by atoms with Gasteiger partial charge in [-0.2, -0.15) is 0 Å². The van der Waals surface area contributed by atoms with Crippen molar-refractivity contribution in [2.75, 3.05) is 12.0 Å². The number of methoxy groups -OCH3 is 1. The standard InChI is InChI=1S/C27H20ClNO6/c1-14-8-9-19(30)18(10-14)29-23(15-6-4-3-5-7-15)22(25(32)27(29)33)24(31)20-12-16-11-17(28)13-21(34-2)26(16)35-20/h3-13,23,30,32H,1-2H3. The van der Waals surface area contributed by atoms with Gasteiger partial charge >= 0.3 is 0 Å². The van der Waals surface area contributed by atoms with Gasteiger partial charge in [0.15, 0.2) is 22.9 Å². The summed E-state index contributed by atoms with van der Waals surface area (Å²) in [5.74, 6) is -2.09. The number of Topliss-reactive ketones (excluding diaryl/α,β-unsaturated/α-hetero) is 1. The minimum Gasteiger partial charge on any atom is -0.506 e. The van der Waals surface area contributed by atoms with Crippen LogP contribution in [0.1, 0.15) is 27.7 Å². The number of carbonyl (C=O) groups is 2. The molecule has 5 rings (SSSR count). The molecule has 1 unspecified atom stereocenters.